The van der Waals surface area contributed by atoms with Crippen molar-refractivity contribution in [1.29, 1.82) is 0 Å². The predicted molar refractivity (Wildman–Crippen MR) is 93.6 cm³/mol. The summed E-state index contributed by atoms with van der Waals surface area (Å²) in [5.41, 5.74) is 2.43. The van der Waals surface area contributed by atoms with Gasteiger partial charge in [-0.3, -0.25) is 4.79 Å². The number of likely N-dealkylation sites (tertiary alicyclic amines) is 1. The second-order valence-corrected chi connectivity index (χ2v) is 6.80. The van der Waals surface area contributed by atoms with Crippen molar-refractivity contribution in [3.63, 3.8) is 0 Å². The van der Waals surface area contributed by atoms with Gasteiger partial charge in [0.15, 0.2) is 0 Å². The smallest absolute Gasteiger partial charge is 0.321 e. The van der Waals surface area contributed by atoms with Gasteiger partial charge >= 0.3 is 6.03 Å². The summed E-state index contributed by atoms with van der Waals surface area (Å²) in [5.74, 6) is 0.437. The lowest BCUT2D eigenvalue weighted by Crippen LogP contribution is -2.41. The van der Waals surface area contributed by atoms with Crippen molar-refractivity contribution in [2.75, 3.05) is 23.7 Å². The molecule has 1 fully saturated rings. The monoisotopic (exact) mass is 317 g/mol. The fourth-order valence-corrected chi connectivity index (χ4v) is 2.69. The Kier molecular flexibility index (Phi) is 5.64. The standard InChI is InChI=1S/C18H27N3O2/c1-12(2)17(22)19-15-8-7-14(4)16(10-15)20-18(23)21-9-5-6-13(3)11-21/h7-8,10,12-13H,5-6,9,11H2,1-4H3,(H,19,22)(H,20,23). The van der Waals surface area contributed by atoms with Crippen LogP contribution in [0.2, 0.25) is 0 Å². The third kappa shape index (κ3) is 4.71. The highest BCUT2D eigenvalue weighted by Crippen LogP contribution is 2.22. The quantitative estimate of drug-likeness (QED) is 0.889. The first-order valence-corrected chi connectivity index (χ1v) is 8.34. The van der Waals surface area contributed by atoms with E-state index in [1.54, 1.807) is 0 Å². The van der Waals surface area contributed by atoms with Gasteiger partial charge in [-0.15, -0.1) is 0 Å². The summed E-state index contributed by atoms with van der Waals surface area (Å²) >= 11 is 0. The number of benzene rings is 1. The van der Waals surface area contributed by atoms with E-state index in [4.69, 9.17) is 0 Å². The van der Waals surface area contributed by atoms with Gasteiger partial charge in [-0.05, 0) is 43.4 Å². The van der Waals surface area contributed by atoms with Gasteiger partial charge in [-0.2, -0.15) is 0 Å². The van der Waals surface area contributed by atoms with Gasteiger partial charge in [0.1, 0.15) is 0 Å². The zero-order valence-electron chi connectivity index (χ0n) is 14.5. The van der Waals surface area contributed by atoms with Crippen LogP contribution in [0.1, 0.15) is 39.2 Å². The van der Waals surface area contributed by atoms with Crippen LogP contribution < -0.4 is 10.6 Å². The molecular weight excluding hydrogens is 290 g/mol. The fraction of sp³-hybridized carbons (Fsp3) is 0.556. The lowest BCUT2D eigenvalue weighted by Gasteiger charge is -2.31. The minimum Gasteiger partial charge on any atom is -0.326 e. The SMILES string of the molecule is Cc1ccc(NC(=O)C(C)C)cc1NC(=O)N1CCCC(C)C1. The Balaban J connectivity index is 2.06. The van der Waals surface area contributed by atoms with E-state index in [0.717, 1.165) is 30.8 Å². The molecule has 23 heavy (non-hydrogen) atoms. The van der Waals surface area contributed by atoms with Gasteiger partial charge in [0.05, 0.1) is 0 Å². The number of rotatable bonds is 3. The molecule has 0 radical (unpaired) electrons. The Bertz CT molecular complexity index is 584. The first-order chi connectivity index (χ1) is 10.9. The number of aryl methyl sites for hydroxylation is 1. The third-order valence-corrected chi connectivity index (χ3v) is 4.22. The number of carbonyl (C=O) groups is 2. The summed E-state index contributed by atoms with van der Waals surface area (Å²) in [7, 11) is 0. The molecule has 5 heteroatoms. The van der Waals surface area contributed by atoms with Crippen molar-refractivity contribution in [3.05, 3.63) is 23.8 Å². The van der Waals surface area contributed by atoms with Crippen molar-refractivity contribution in [1.82, 2.24) is 4.90 Å². The largest absolute Gasteiger partial charge is 0.326 e. The van der Waals surface area contributed by atoms with Crippen molar-refractivity contribution in [2.45, 2.75) is 40.5 Å². The molecule has 1 aliphatic heterocycles. The summed E-state index contributed by atoms with van der Waals surface area (Å²) in [6.45, 7) is 9.43. The van der Waals surface area contributed by atoms with E-state index in [0.29, 0.717) is 11.6 Å². The second kappa shape index (κ2) is 7.49. The van der Waals surface area contributed by atoms with E-state index in [1.807, 2.05) is 43.9 Å². The fourth-order valence-electron chi connectivity index (χ4n) is 2.69. The van der Waals surface area contributed by atoms with E-state index in [-0.39, 0.29) is 17.9 Å². The Labute approximate surface area is 138 Å². The first kappa shape index (κ1) is 17.3. The average molecular weight is 317 g/mol. The Hall–Kier alpha value is -2.04. The molecule has 0 aliphatic carbocycles. The number of carbonyl (C=O) groups excluding carboxylic acids is 2. The number of hydrogen-bond donors (Lipinski definition) is 2. The highest BCUT2D eigenvalue weighted by molar-refractivity contribution is 5.94. The van der Waals surface area contributed by atoms with E-state index >= 15 is 0 Å². The maximum absolute atomic E-state index is 12.4. The number of nitrogens with one attached hydrogen (secondary N) is 2. The Morgan fingerprint density at radius 3 is 2.65 bits per heavy atom. The normalized spacial score (nSPS) is 18.0. The molecule has 0 aromatic heterocycles. The summed E-state index contributed by atoms with van der Waals surface area (Å²) in [6.07, 6.45) is 2.23. The molecule has 1 unspecified atom stereocenters. The highest BCUT2D eigenvalue weighted by Gasteiger charge is 2.21. The first-order valence-electron chi connectivity index (χ1n) is 8.34. The molecule has 2 N–H and O–H groups in total. The number of piperidine rings is 1. The summed E-state index contributed by atoms with van der Waals surface area (Å²) in [5, 5.41) is 5.84. The molecule has 126 valence electrons. The average Bonchev–Trinajstić information content (AvgIpc) is 2.50. The number of amides is 3. The molecular formula is C18H27N3O2. The van der Waals surface area contributed by atoms with Gasteiger partial charge in [0.25, 0.3) is 0 Å². The van der Waals surface area contributed by atoms with Gasteiger partial charge in [-0.1, -0.05) is 26.8 Å². The molecule has 1 aliphatic rings. The van der Waals surface area contributed by atoms with Crippen molar-refractivity contribution < 1.29 is 9.59 Å². The lowest BCUT2D eigenvalue weighted by molar-refractivity contribution is -0.118. The second-order valence-electron chi connectivity index (χ2n) is 6.80. The van der Waals surface area contributed by atoms with Crippen molar-refractivity contribution in [3.8, 4) is 0 Å². The van der Waals surface area contributed by atoms with Crippen LogP contribution in [0.15, 0.2) is 18.2 Å². The molecule has 1 heterocycles. The van der Waals surface area contributed by atoms with Gasteiger partial charge < -0.3 is 15.5 Å². The van der Waals surface area contributed by atoms with Crippen LogP contribution in [-0.4, -0.2) is 29.9 Å². The molecule has 1 aromatic rings. The zero-order chi connectivity index (χ0) is 17.0. The number of anilines is 2. The minimum atomic E-state index is -0.0795. The highest BCUT2D eigenvalue weighted by atomic mass is 16.2. The maximum atomic E-state index is 12.4. The molecule has 1 aromatic carbocycles. The van der Waals surface area contributed by atoms with Crippen LogP contribution in [0.25, 0.3) is 0 Å². The molecule has 2 rings (SSSR count). The van der Waals surface area contributed by atoms with Crippen LogP contribution in [0.4, 0.5) is 16.2 Å². The molecule has 1 saturated heterocycles. The molecule has 0 saturated carbocycles. The zero-order valence-corrected chi connectivity index (χ0v) is 14.5. The predicted octanol–water partition coefficient (Wildman–Crippen LogP) is 3.85. The molecule has 5 nitrogen and oxygen atoms in total. The molecule has 0 spiro atoms. The van der Waals surface area contributed by atoms with Crippen LogP contribution in [0.5, 0.6) is 0 Å². The molecule has 0 bridgehead atoms. The number of nitrogens with zero attached hydrogens (tertiary/aromatic N) is 1. The van der Waals surface area contributed by atoms with Gasteiger partial charge in [0, 0.05) is 30.4 Å². The van der Waals surface area contributed by atoms with Crippen molar-refractivity contribution in [2.24, 2.45) is 11.8 Å². The maximum Gasteiger partial charge on any atom is 0.321 e. The molecule has 1 atom stereocenters. The third-order valence-electron chi connectivity index (χ3n) is 4.22. The Morgan fingerprint density at radius 2 is 2.00 bits per heavy atom. The summed E-state index contributed by atoms with van der Waals surface area (Å²) in [6, 6.07) is 5.52. The number of hydrogen-bond acceptors (Lipinski definition) is 2. The van der Waals surface area contributed by atoms with E-state index < -0.39 is 0 Å². The topological polar surface area (TPSA) is 61.4 Å². The van der Waals surface area contributed by atoms with Crippen LogP contribution in [0.3, 0.4) is 0 Å². The van der Waals surface area contributed by atoms with Crippen molar-refractivity contribution >= 4 is 23.3 Å². The summed E-state index contributed by atoms with van der Waals surface area (Å²) < 4.78 is 0. The van der Waals surface area contributed by atoms with Crippen LogP contribution in [0, 0.1) is 18.8 Å². The van der Waals surface area contributed by atoms with Crippen LogP contribution >= 0.6 is 0 Å². The van der Waals surface area contributed by atoms with Gasteiger partial charge in [-0.25, -0.2) is 4.79 Å². The Morgan fingerprint density at radius 1 is 1.26 bits per heavy atom. The van der Waals surface area contributed by atoms with E-state index in [9.17, 15) is 9.59 Å². The van der Waals surface area contributed by atoms with E-state index in [2.05, 4.69) is 17.6 Å². The van der Waals surface area contributed by atoms with E-state index in [1.165, 1.54) is 6.42 Å². The van der Waals surface area contributed by atoms with Crippen LogP contribution in [-0.2, 0) is 4.79 Å². The van der Waals surface area contributed by atoms with Gasteiger partial charge in [0.2, 0.25) is 5.91 Å². The number of urea groups is 1. The molecule has 3 amide bonds. The summed E-state index contributed by atoms with van der Waals surface area (Å²) in [4.78, 5) is 26.1. The lowest BCUT2D eigenvalue weighted by atomic mass is 10.0. The minimum absolute atomic E-state index is 0.0315.